The highest BCUT2D eigenvalue weighted by Gasteiger charge is 2.22. The van der Waals surface area contributed by atoms with Crippen LogP contribution in [0.1, 0.15) is 30.2 Å². The molecule has 3 aromatic rings. The Morgan fingerprint density at radius 1 is 1.05 bits per heavy atom. The van der Waals surface area contributed by atoms with Gasteiger partial charge in [0.15, 0.2) is 0 Å². The largest absolute Gasteiger partial charge is 0.507 e. The summed E-state index contributed by atoms with van der Waals surface area (Å²) in [6, 6.07) is 14.0. The van der Waals surface area contributed by atoms with E-state index in [-0.39, 0.29) is 6.04 Å². The maximum atomic E-state index is 9.98. The summed E-state index contributed by atoms with van der Waals surface area (Å²) in [4.78, 5) is 0. The smallest absolute Gasteiger partial charge is 0.123 e. The maximum absolute atomic E-state index is 9.98. The molecule has 1 aromatic heterocycles. The van der Waals surface area contributed by atoms with Crippen molar-refractivity contribution in [2.45, 2.75) is 25.3 Å². The maximum Gasteiger partial charge on any atom is 0.123 e. The topological polar surface area (TPSA) is 45.4 Å². The number of nitrogens with one attached hydrogen (secondary N) is 1. The molecule has 0 amide bonds. The normalized spacial score (nSPS) is 17.6. The zero-order valence-corrected chi connectivity index (χ0v) is 11.7. The van der Waals surface area contributed by atoms with Gasteiger partial charge < -0.3 is 14.8 Å². The predicted octanol–water partition coefficient (Wildman–Crippen LogP) is 4.63. The number of furan rings is 1. The summed E-state index contributed by atoms with van der Waals surface area (Å²) >= 11 is 0. The average Bonchev–Trinajstić information content (AvgIpc) is 2.98. The summed E-state index contributed by atoms with van der Waals surface area (Å²) in [7, 11) is 0. The van der Waals surface area contributed by atoms with Gasteiger partial charge >= 0.3 is 0 Å². The molecule has 0 aliphatic heterocycles. The Balaban J connectivity index is 1.75. The van der Waals surface area contributed by atoms with Gasteiger partial charge in [-0.3, -0.25) is 0 Å². The number of hydrogen-bond acceptors (Lipinski definition) is 3. The molecule has 3 nitrogen and oxygen atoms in total. The third-order valence-corrected chi connectivity index (χ3v) is 4.28. The van der Waals surface area contributed by atoms with E-state index in [1.807, 2.05) is 24.3 Å². The number of aromatic hydroxyl groups is 1. The lowest BCUT2D eigenvalue weighted by atomic mass is 9.93. The minimum absolute atomic E-state index is 0.278. The van der Waals surface area contributed by atoms with E-state index in [1.165, 1.54) is 5.56 Å². The lowest BCUT2D eigenvalue weighted by Gasteiger charge is -2.24. The molecule has 106 valence electrons. The van der Waals surface area contributed by atoms with Crippen LogP contribution in [0.2, 0.25) is 0 Å². The van der Waals surface area contributed by atoms with Crippen molar-refractivity contribution >= 4 is 16.5 Å². The number of fused-ring (bicyclic) bond motifs is 2. The molecule has 0 saturated heterocycles. The first kappa shape index (κ1) is 12.3. The SMILES string of the molecule is Oc1cccc2c(NC3CCCc4occc43)cccc12. The fourth-order valence-electron chi connectivity index (χ4n) is 3.24. The number of anilines is 1. The fourth-order valence-corrected chi connectivity index (χ4v) is 3.24. The Kier molecular flexibility index (Phi) is 2.85. The van der Waals surface area contributed by atoms with Gasteiger partial charge in [0, 0.05) is 28.4 Å². The summed E-state index contributed by atoms with van der Waals surface area (Å²) in [5, 5.41) is 15.5. The Morgan fingerprint density at radius 3 is 2.86 bits per heavy atom. The van der Waals surface area contributed by atoms with E-state index in [0.717, 1.165) is 41.5 Å². The molecule has 0 saturated carbocycles. The van der Waals surface area contributed by atoms with Gasteiger partial charge in [0.25, 0.3) is 0 Å². The first-order valence-electron chi connectivity index (χ1n) is 7.36. The second kappa shape index (κ2) is 4.85. The Labute approximate surface area is 123 Å². The number of phenolic OH excluding ortho intramolecular Hbond substituents is 1. The average molecular weight is 279 g/mol. The van der Waals surface area contributed by atoms with Crippen molar-refractivity contribution in [1.82, 2.24) is 0 Å². The van der Waals surface area contributed by atoms with Crippen LogP contribution in [0.25, 0.3) is 10.8 Å². The van der Waals surface area contributed by atoms with Crippen LogP contribution in [0.3, 0.4) is 0 Å². The lowest BCUT2D eigenvalue weighted by Crippen LogP contribution is -2.16. The van der Waals surface area contributed by atoms with Crippen LogP contribution in [-0.4, -0.2) is 5.11 Å². The van der Waals surface area contributed by atoms with Gasteiger partial charge in [-0.15, -0.1) is 0 Å². The van der Waals surface area contributed by atoms with Crippen LogP contribution in [0.5, 0.6) is 5.75 Å². The number of phenols is 1. The van der Waals surface area contributed by atoms with Crippen molar-refractivity contribution in [2.75, 3.05) is 5.32 Å². The van der Waals surface area contributed by atoms with Crippen LogP contribution in [-0.2, 0) is 6.42 Å². The van der Waals surface area contributed by atoms with Crippen LogP contribution in [0.15, 0.2) is 53.1 Å². The minimum Gasteiger partial charge on any atom is -0.507 e. The molecule has 4 rings (SSSR count). The zero-order valence-electron chi connectivity index (χ0n) is 11.7. The van der Waals surface area contributed by atoms with E-state index in [9.17, 15) is 5.11 Å². The van der Waals surface area contributed by atoms with Gasteiger partial charge in [-0.2, -0.15) is 0 Å². The molecule has 0 fully saturated rings. The quantitative estimate of drug-likeness (QED) is 0.719. The van der Waals surface area contributed by atoms with Crippen molar-refractivity contribution in [2.24, 2.45) is 0 Å². The molecule has 21 heavy (non-hydrogen) atoms. The van der Waals surface area contributed by atoms with Crippen molar-refractivity contribution in [3.05, 3.63) is 60.1 Å². The summed E-state index contributed by atoms with van der Waals surface area (Å²) in [6.07, 6.45) is 5.03. The number of rotatable bonds is 2. The molecule has 1 unspecified atom stereocenters. The molecule has 2 N–H and O–H groups in total. The van der Waals surface area contributed by atoms with Gasteiger partial charge in [-0.25, -0.2) is 0 Å². The van der Waals surface area contributed by atoms with Gasteiger partial charge in [0.05, 0.1) is 12.3 Å². The zero-order chi connectivity index (χ0) is 14.2. The molecule has 3 heteroatoms. The van der Waals surface area contributed by atoms with Gasteiger partial charge in [0.1, 0.15) is 11.5 Å². The first-order valence-corrected chi connectivity index (χ1v) is 7.36. The van der Waals surface area contributed by atoms with E-state index < -0.39 is 0 Å². The number of benzene rings is 2. The van der Waals surface area contributed by atoms with Crippen molar-refractivity contribution < 1.29 is 9.52 Å². The summed E-state index contributed by atoms with van der Waals surface area (Å²) in [5.41, 5.74) is 2.32. The lowest BCUT2D eigenvalue weighted by molar-refractivity contribution is 0.461. The molecule has 0 radical (unpaired) electrons. The van der Waals surface area contributed by atoms with Gasteiger partial charge in [-0.05, 0) is 31.0 Å². The molecule has 1 aliphatic rings. The molecule has 0 spiro atoms. The molecular weight excluding hydrogens is 262 g/mol. The van der Waals surface area contributed by atoms with E-state index >= 15 is 0 Å². The Bertz CT molecular complexity index is 791. The van der Waals surface area contributed by atoms with Crippen molar-refractivity contribution in [1.29, 1.82) is 0 Å². The molecule has 1 atom stereocenters. The molecular formula is C18H17NO2. The van der Waals surface area contributed by atoms with Gasteiger partial charge in [-0.1, -0.05) is 24.3 Å². The second-order valence-corrected chi connectivity index (χ2v) is 5.57. The van der Waals surface area contributed by atoms with Crippen molar-refractivity contribution in [3.8, 4) is 5.75 Å². The van der Waals surface area contributed by atoms with E-state index in [2.05, 4.69) is 17.4 Å². The van der Waals surface area contributed by atoms with Crippen LogP contribution in [0, 0.1) is 0 Å². The summed E-state index contributed by atoms with van der Waals surface area (Å²) in [6.45, 7) is 0. The van der Waals surface area contributed by atoms with Gasteiger partial charge in [0.2, 0.25) is 0 Å². The molecule has 2 aromatic carbocycles. The van der Waals surface area contributed by atoms with Crippen molar-refractivity contribution in [3.63, 3.8) is 0 Å². The minimum atomic E-state index is 0.278. The summed E-state index contributed by atoms with van der Waals surface area (Å²) < 4.78 is 5.55. The predicted molar refractivity (Wildman–Crippen MR) is 83.6 cm³/mol. The van der Waals surface area contributed by atoms with E-state index in [1.54, 1.807) is 12.3 Å². The highest BCUT2D eigenvalue weighted by molar-refractivity contribution is 5.97. The standard InChI is InChI=1S/C18H17NO2/c20-17-8-2-4-12-13(17)5-1-6-15(12)19-16-7-3-9-18-14(16)10-11-21-18/h1-2,4-6,8,10-11,16,19-20H,3,7,9H2. The first-order chi connectivity index (χ1) is 10.3. The van der Waals surface area contributed by atoms with Crippen LogP contribution < -0.4 is 5.32 Å². The Hall–Kier alpha value is -2.42. The van der Waals surface area contributed by atoms with Crippen LogP contribution in [0.4, 0.5) is 5.69 Å². The Morgan fingerprint density at radius 2 is 1.90 bits per heavy atom. The second-order valence-electron chi connectivity index (χ2n) is 5.57. The van der Waals surface area contributed by atoms with Crippen LogP contribution >= 0.6 is 0 Å². The fraction of sp³-hybridized carbons (Fsp3) is 0.222. The number of hydrogen-bond donors (Lipinski definition) is 2. The van der Waals surface area contributed by atoms with E-state index in [4.69, 9.17) is 4.42 Å². The highest BCUT2D eigenvalue weighted by Crippen LogP contribution is 2.36. The molecule has 1 aliphatic carbocycles. The third-order valence-electron chi connectivity index (χ3n) is 4.28. The molecule has 1 heterocycles. The number of aryl methyl sites for hydroxylation is 1. The highest BCUT2D eigenvalue weighted by atomic mass is 16.3. The molecule has 0 bridgehead atoms. The summed E-state index contributed by atoms with van der Waals surface area (Å²) in [5.74, 6) is 1.42. The van der Waals surface area contributed by atoms with E-state index in [0.29, 0.717) is 5.75 Å². The third kappa shape index (κ3) is 2.05. The monoisotopic (exact) mass is 279 g/mol.